The van der Waals surface area contributed by atoms with Gasteiger partial charge in [-0.25, -0.2) is 4.39 Å². The number of halogens is 2. The Labute approximate surface area is 99.8 Å². The van der Waals surface area contributed by atoms with E-state index in [-0.39, 0.29) is 11.3 Å². The Morgan fingerprint density at radius 1 is 1.50 bits per heavy atom. The highest BCUT2D eigenvalue weighted by molar-refractivity contribution is 6.31. The van der Waals surface area contributed by atoms with Crippen molar-refractivity contribution in [1.82, 2.24) is 5.32 Å². The van der Waals surface area contributed by atoms with Crippen molar-refractivity contribution < 1.29 is 9.18 Å². The van der Waals surface area contributed by atoms with Crippen LogP contribution in [0.5, 0.6) is 0 Å². The lowest BCUT2D eigenvalue weighted by Gasteiger charge is -2.22. The maximum Gasteiger partial charge on any atom is 0.172 e. The van der Waals surface area contributed by atoms with Crippen LogP contribution in [0.1, 0.15) is 24.2 Å². The number of carbonyl (C=O) groups is 1. The smallest absolute Gasteiger partial charge is 0.172 e. The summed E-state index contributed by atoms with van der Waals surface area (Å²) in [5, 5.41) is 3.28. The molecule has 0 bridgehead atoms. The summed E-state index contributed by atoms with van der Waals surface area (Å²) in [5.41, 5.74) is -0.604. The van der Waals surface area contributed by atoms with Crippen LogP contribution in [0.2, 0.25) is 5.02 Å². The SMILES string of the molecule is CNCC(C)(C)C(=O)c1cc(Cl)ccc1F. The first-order valence-electron chi connectivity index (χ1n) is 5.03. The molecule has 0 aliphatic carbocycles. The number of benzene rings is 1. The number of hydrogen-bond acceptors (Lipinski definition) is 2. The van der Waals surface area contributed by atoms with Crippen molar-refractivity contribution in [2.45, 2.75) is 13.8 Å². The molecule has 0 amide bonds. The zero-order valence-electron chi connectivity index (χ0n) is 9.60. The summed E-state index contributed by atoms with van der Waals surface area (Å²) >= 11 is 5.75. The zero-order chi connectivity index (χ0) is 12.3. The number of carbonyl (C=O) groups excluding carboxylic acids is 1. The van der Waals surface area contributed by atoms with E-state index in [0.29, 0.717) is 11.6 Å². The fourth-order valence-corrected chi connectivity index (χ4v) is 1.73. The van der Waals surface area contributed by atoms with Gasteiger partial charge < -0.3 is 5.32 Å². The third-order valence-electron chi connectivity index (χ3n) is 2.41. The summed E-state index contributed by atoms with van der Waals surface area (Å²) in [7, 11) is 1.75. The molecule has 0 radical (unpaired) electrons. The van der Waals surface area contributed by atoms with Crippen LogP contribution >= 0.6 is 11.6 Å². The van der Waals surface area contributed by atoms with Crippen LogP contribution in [0, 0.1) is 11.2 Å². The van der Waals surface area contributed by atoms with E-state index in [0.717, 1.165) is 0 Å². The topological polar surface area (TPSA) is 29.1 Å². The van der Waals surface area contributed by atoms with Gasteiger partial charge in [0.15, 0.2) is 5.78 Å². The fraction of sp³-hybridized carbons (Fsp3) is 0.417. The predicted octanol–water partition coefficient (Wildman–Crippen LogP) is 2.91. The second-order valence-electron chi connectivity index (χ2n) is 4.37. The van der Waals surface area contributed by atoms with Crippen molar-refractivity contribution in [2.75, 3.05) is 13.6 Å². The number of Topliss-reactive ketones (excluding diaryl/α,β-unsaturated/α-hetero) is 1. The molecule has 88 valence electrons. The van der Waals surface area contributed by atoms with Gasteiger partial charge in [-0.2, -0.15) is 0 Å². The molecule has 0 spiro atoms. The highest BCUT2D eigenvalue weighted by atomic mass is 35.5. The van der Waals surface area contributed by atoms with Crippen LogP contribution in [-0.4, -0.2) is 19.4 Å². The number of rotatable bonds is 4. The second-order valence-corrected chi connectivity index (χ2v) is 4.80. The number of nitrogens with one attached hydrogen (secondary N) is 1. The van der Waals surface area contributed by atoms with Gasteiger partial charge in [-0.1, -0.05) is 25.4 Å². The Kier molecular flexibility index (Phi) is 4.05. The first-order chi connectivity index (χ1) is 7.38. The van der Waals surface area contributed by atoms with E-state index in [9.17, 15) is 9.18 Å². The van der Waals surface area contributed by atoms with E-state index in [2.05, 4.69) is 5.32 Å². The third-order valence-corrected chi connectivity index (χ3v) is 2.64. The molecule has 16 heavy (non-hydrogen) atoms. The van der Waals surface area contributed by atoms with E-state index in [1.165, 1.54) is 18.2 Å². The fourth-order valence-electron chi connectivity index (χ4n) is 1.56. The summed E-state index contributed by atoms with van der Waals surface area (Å²) in [6.45, 7) is 4.02. The molecule has 0 aliphatic heterocycles. The molecule has 0 saturated carbocycles. The molecule has 0 saturated heterocycles. The van der Waals surface area contributed by atoms with Gasteiger partial charge in [0, 0.05) is 17.0 Å². The van der Waals surface area contributed by atoms with Crippen LogP contribution in [0.3, 0.4) is 0 Å². The van der Waals surface area contributed by atoms with Gasteiger partial charge in [-0.3, -0.25) is 4.79 Å². The van der Waals surface area contributed by atoms with Gasteiger partial charge in [0.1, 0.15) is 5.82 Å². The summed E-state index contributed by atoms with van der Waals surface area (Å²) in [6.07, 6.45) is 0. The van der Waals surface area contributed by atoms with E-state index < -0.39 is 11.2 Å². The highest BCUT2D eigenvalue weighted by Crippen LogP contribution is 2.24. The minimum Gasteiger partial charge on any atom is -0.319 e. The Morgan fingerprint density at radius 2 is 2.12 bits per heavy atom. The molecule has 4 heteroatoms. The Balaban J connectivity index is 3.09. The highest BCUT2D eigenvalue weighted by Gasteiger charge is 2.29. The monoisotopic (exact) mass is 243 g/mol. The number of hydrogen-bond donors (Lipinski definition) is 1. The van der Waals surface area contributed by atoms with Gasteiger partial charge in [0.05, 0.1) is 5.56 Å². The first-order valence-corrected chi connectivity index (χ1v) is 5.41. The molecule has 1 aromatic rings. The molecule has 0 unspecified atom stereocenters. The van der Waals surface area contributed by atoms with Crippen LogP contribution < -0.4 is 5.32 Å². The maximum atomic E-state index is 13.5. The van der Waals surface area contributed by atoms with Gasteiger partial charge in [0.25, 0.3) is 0 Å². The second kappa shape index (κ2) is 4.93. The molecule has 0 aliphatic rings. The van der Waals surface area contributed by atoms with Crippen LogP contribution in [-0.2, 0) is 0 Å². The van der Waals surface area contributed by atoms with E-state index >= 15 is 0 Å². The standard InChI is InChI=1S/C12H15ClFNO/c1-12(2,7-15-3)11(16)9-6-8(13)4-5-10(9)14/h4-6,15H,7H2,1-3H3. The average Bonchev–Trinajstić information content (AvgIpc) is 2.20. The van der Waals surface area contributed by atoms with Gasteiger partial charge in [-0.05, 0) is 25.2 Å². The van der Waals surface area contributed by atoms with E-state index in [1.807, 2.05) is 0 Å². The molecule has 1 N–H and O–H groups in total. The third kappa shape index (κ3) is 2.80. The molecule has 0 fully saturated rings. The minimum absolute atomic E-state index is 0.0488. The van der Waals surface area contributed by atoms with E-state index in [4.69, 9.17) is 11.6 Å². The molecular formula is C12H15ClFNO. The Bertz CT molecular complexity index is 404. The normalized spacial score (nSPS) is 11.6. The lowest BCUT2D eigenvalue weighted by atomic mass is 9.84. The molecule has 2 nitrogen and oxygen atoms in total. The molecular weight excluding hydrogens is 229 g/mol. The molecule has 0 atom stereocenters. The van der Waals surface area contributed by atoms with Gasteiger partial charge in [0.2, 0.25) is 0 Å². The summed E-state index contributed by atoms with van der Waals surface area (Å²) < 4.78 is 13.5. The van der Waals surface area contributed by atoms with Crippen LogP contribution in [0.4, 0.5) is 4.39 Å². The minimum atomic E-state index is -0.653. The predicted molar refractivity (Wildman–Crippen MR) is 63.4 cm³/mol. The van der Waals surface area contributed by atoms with Crippen molar-refractivity contribution in [3.63, 3.8) is 0 Å². The van der Waals surface area contributed by atoms with Gasteiger partial charge >= 0.3 is 0 Å². The van der Waals surface area contributed by atoms with Crippen molar-refractivity contribution in [3.8, 4) is 0 Å². The maximum absolute atomic E-state index is 13.5. The Hall–Kier alpha value is -0.930. The molecule has 0 aromatic heterocycles. The van der Waals surface area contributed by atoms with Crippen LogP contribution in [0.25, 0.3) is 0 Å². The van der Waals surface area contributed by atoms with Crippen LogP contribution in [0.15, 0.2) is 18.2 Å². The molecule has 1 aromatic carbocycles. The summed E-state index contributed by atoms with van der Waals surface area (Å²) in [4.78, 5) is 12.1. The molecule has 1 rings (SSSR count). The lowest BCUT2D eigenvalue weighted by Crippen LogP contribution is -2.35. The van der Waals surface area contributed by atoms with Crippen molar-refractivity contribution >= 4 is 17.4 Å². The number of ketones is 1. The zero-order valence-corrected chi connectivity index (χ0v) is 10.4. The largest absolute Gasteiger partial charge is 0.319 e. The summed E-state index contributed by atoms with van der Waals surface area (Å²) in [5.74, 6) is -0.777. The van der Waals surface area contributed by atoms with Gasteiger partial charge in [-0.15, -0.1) is 0 Å². The van der Waals surface area contributed by atoms with Crippen molar-refractivity contribution in [3.05, 3.63) is 34.6 Å². The molecule has 0 heterocycles. The van der Waals surface area contributed by atoms with Crippen molar-refractivity contribution in [2.24, 2.45) is 5.41 Å². The first kappa shape index (κ1) is 13.1. The average molecular weight is 244 g/mol. The summed E-state index contributed by atoms with van der Waals surface area (Å²) in [6, 6.07) is 4.01. The van der Waals surface area contributed by atoms with Crippen molar-refractivity contribution in [1.29, 1.82) is 0 Å². The lowest BCUT2D eigenvalue weighted by molar-refractivity contribution is 0.0834. The Morgan fingerprint density at radius 3 is 2.69 bits per heavy atom. The quantitative estimate of drug-likeness (QED) is 0.824. The van der Waals surface area contributed by atoms with E-state index in [1.54, 1.807) is 20.9 Å².